The molecule has 1 aliphatic rings. The summed E-state index contributed by atoms with van der Waals surface area (Å²) in [6, 6.07) is 11.1. The number of nitrogens with zero attached hydrogens (tertiary/aromatic N) is 3. The van der Waals surface area contributed by atoms with Crippen LogP contribution in [0.25, 0.3) is 11.3 Å². The van der Waals surface area contributed by atoms with E-state index >= 15 is 0 Å². The molecule has 0 bridgehead atoms. The van der Waals surface area contributed by atoms with E-state index in [0.717, 1.165) is 36.2 Å². The van der Waals surface area contributed by atoms with Gasteiger partial charge in [-0.05, 0) is 62.9 Å². The summed E-state index contributed by atoms with van der Waals surface area (Å²) in [5.41, 5.74) is 6.22. The van der Waals surface area contributed by atoms with Gasteiger partial charge in [0, 0.05) is 30.0 Å². The first-order valence-electron chi connectivity index (χ1n) is 7.87. The lowest BCUT2D eigenvalue weighted by Gasteiger charge is -2.35. The Labute approximate surface area is 132 Å². The first kappa shape index (κ1) is 14.6. The highest BCUT2D eigenvalue weighted by Gasteiger charge is 2.21. The minimum absolute atomic E-state index is 0.453. The zero-order valence-electron chi connectivity index (χ0n) is 13.4. The molecule has 0 aliphatic carbocycles. The normalized spacial score (nSPS) is 13.9. The lowest BCUT2D eigenvalue weighted by Crippen LogP contribution is -2.35. The van der Waals surface area contributed by atoms with Crippen LogP contribution in [0.3, 0.4) is 0 Å². The quantitative estimate of drug-likeness (QED) is 0.836. The third-order valence-corrected chi connectivity index (χ3v) is 4.30. The molecule has 1 aliphatic heterocycles. The molecule has 22 heavy (non-hydrogen) atoms. The average Bonchev–Trinajstić information content (AvgIpc) is 2.53. The van der Waals surface area contributed by atoms with E-state index in [2.05, 4.69) is 35.9 Å². The molecule has 3 nitrogen and oxygen atoms in total. The summed E-state index contributed by atoms with van der Waals surface area (Å²) in [4.78, 5) is 6.89. The number of fused-ring (bicyclic) bond motifs is 1. The summed E-state index contributed by atoms with van der Waals surface area (Å²) in [6.07, 6.45) is 4.09. The number of benzene rings is 1. The van der Waals surface area contributed by atoms with Gasteiger partial charge in [-0.15, -0.1) is 0 Å². The summed E-state index contributed by atoms with van der Waals surface area (Å²) in [6.45, 7) is 7.50. The largest absolute Gasteiger partial charge is 0.369 e. The molecule has 2 heterocycles. The number of pyridine rings is 1. The van der Waals surface area contributed by atoms with Crippen LogP contribution >= 0.6 is 0 Å². The monoisotopic (exact) mass is 291 g/mol. The van der Waals surface area contributed by atoms with Gasteiger partial charge in [-0.25, -0.2) is 0 Å². The van der Waals surface area contributed by atoms with Crippen molar-refractivity contribution in [2.45, 2.75) is 39.7 Å². The number of anilines is 1. The highest BCUT2D eigenvalue weighted by atomic mass is 15.2. The summed E-state index contributed by atoms with van der Waals surface area (Å²) in [5.74, 6) is 0. The smallest absolute Gasteiger partial charge is 0.0999 e. The molecule has 1 aromatic heterocycles. The van der Waals surface area contributed by atoms with E-state index in [4.69, 9.17) is 0 Å². The van der Waals surface area contributed by atoms with Gasteiger partial charge in [-0.3, -0.25) is 4.98 Å². The number of aryl methyl sites for hydroxylation is 2. The second kappa shape index (κ2) is 5.81. The van der Waals surface area contributed by atoms with Gasteiger partial charge in [-0.1, -0.05) is 6.07 Å². The minimum Gasteiger partial charge on any atom is -0.369 e. The second-order valence-electron chi connectivity index (χ2n) is 6.25. The predicted molar refractivity (Wildman–Crippen MR) is 89.9 cm³/mol. The number of rotatable bonds is 2. The first-order chi connectivity index (χ1) is 10.6. The van der Waals surface area contributed by atoms with E-state index in [1.807, 2.05) is 31.3 Å². The lowest BCUT2D eigenvalue weighted by molar-refractivity contribution is 0.625. The standard InChI is InChI=1S/C19H21N3/c1-13(2)22-8-4-5-15-9-17(16(11-20)10-19(15)22)18-7-6-14(3)12-21-18/h6-7,9-10,12-13H,4-5,8H2,1-3H3. The maximum absolute atomic E-state index is 9.56. The molecule has 0 saturated heterocycles. The molecule has 0 unspecified atom stereocenters. The van der Waals surface area contributed by atoms with Gasteiger partial charge in [0.1, 0.15) is 0 Å². The lowest BCUT2D eigenvalue weighted by atomic mass is 9.93. The third kappa shape index (κ3) is 2.57. The van der Waals surface area contributed by atoms with Crippen molar-refractivity contribution in [3.8, 4) is 17.3 Å². The molecule has 112 valence electrons. The van der Waals surface area contributed by atoms with Gasteiger partial charge in [0.2, 0.25) is 0 Å². The van der Waals surface area contributed by atoms with Crippen LogP contribution < -0.4 is 4.90 Å². The SMILES string of the molecule is Cc1ccc(-c2cc3c(cc2C#N)N(C(C)C)CCC3)nc1. The fraction of sp³-hybridized carbons (Fsp3) is 0.368. The van der Waals surface area contributed by atoms with E-state index in [1.165, 1.54) is 11.3 Å². The Bertz CT molecular complexity index is 724. The minimum atomic E-state index is 0.453. The number of aromatic nitrogens is 1. The number of hydrogen-bond acceptors (Lipinski definition) is 3. The first-order valence-corrected chi connectivity index (χ1v) is 7.87. The third-order valence-electron chi connectivity index (χ3n) is 4.30. The maximum Gasteiger partial charge on any atom is 0.0999 e. The average molecular weight is 291 g/mol. The molecule has 0 radical (unpaired) electrons. The molecule has 0 fully saturated rings. The van der Waals surface area contributed by atoms with Crippen molar-refractivity contribution in [2.24, 2.45) is 0 Å². The summed E-state index contributed by atoms with van der Waals surface area (Å²) < 4.78 is 0. The van der Waals surface area contributed by atoms with E-state index in [-0.39, 0.29) is 0 Å². The summed E-state index contributed by atoms with van der Waals surface area (Å²) in [7, 11) is 0. The van der Waals surface area contributed by atoms with E-state index < -0.39 is 0 Å². The predicted octanol–water partition coefficient (Wildman–Crippen LogP) is 4.09. The van der Waals surface area contributed by atoms with Crippen LogP contribution in [0.1, 0.15) is 37.0 Å². The van der Waals surface area contributed by atoms with Gasteiger partial charge in [-0.2, -0.15) is 5.26 Å². The summed E-state index contributed by atoms with van der Waals surface area (Å²) >= 11 is 0. The highest BCUT2D eigenvalue weighted by molar-refractivity contribution is 5.74. The fourth-order valence-electron chi connectivity index (χ4n) is 3.13. The Kier molecular flexibility index (Phi) is 3.85. The zero-order chi connectivity index (χ0) is 15.7. The van der Waals surface area contributed by atoms with Crippen LogP contribution in [0.15, 0.2) is 30.5 Å². The van der Waals surface area contributed by atoms with Crippen molar-refractivity contribution in [3.05, 3.63) is 47.2 Å². The molecule has 3 heteroatoms. The molecule has 0 spiro atoms. The van der Waals surface area contributed by atoms with Crippen molar-refractivity contribution < 1.29 is 0 Å². The molecule has 0 atom stereocenters. The van der Waals surface area contributed by atoms with Gasteiger partial charge in [0.05, 0.1) is 17.3 Å². The highest BCUT2D eigenvalue weighted by Crippen LogP contribution is 2.34. The van der Waals surface area contributed by atoms with Gasteiger partial charge >= 0.3 is 0 Å². The topological polar surface area (TPSA) is 39.9 Å². The van der Waals surface area contributed by atoms with Crippen LogP contribution in [0.5, 0.6) is 0 Å². The fourth-order valence-corrected chi connectivity index (χ4v) is 3.13. The molecule has 3 rings (SSSR count). The van der Waals surface area contributed by atoms with Gasteiger partial charge in [0.15, 0.2) is 0 Å². The van der Waals surface area contributed by atoms with E-state index in [0.29, 0.717) is 11.6 Å². The van der Waals surface area contributed by atoms with Gasteiger partial charge in [0.25, 0.3) is 0 Å². The van der Waals surface area contributed by atoms with E-state index in [1.54, 1.807) is 0 Å². The van der Waals surface area contributed by atoms with Crippen molar-refractivity contribution in [1.29, 1.82) is 5.26 Å². The van der Waals surface area contributed by atoms with Crippen LogP contribution in [0.4, 0.5) is 5.69 Å². The molecule has 0 N–H and O–H groups in total. The molecule has 0 amide bonds. The molecular formula is C19H21N3. The molecule has 1 aromatic carbocycles. The Morgan fingerprint density at radius 2 is 2.09 bits per heavy atom. The molecular weight excluding hydrogens is 270 g/mol. The Hall–Kier alpha value is -2.34. The Morgan fingerprint density at radius 3 is 2.73 bits per heavy atom. The van der Waals surface area contributed by atoms with Crippen LogP contribution in [-0.2, 0) is 6.42 Å². The maximum atomic E-state index is 9.56. The molecule has 0 saturated carbocycles. The molecule has 2 aromatic rings. The number of hydrogen-bond donors (Lipinski definition) is 0. The Balaban J connectivity index is 2.13. The van der Waals surface area contributed by atoms with Crippen LogP contribution in [0.2, 0.25) is 0 Å². The van der Waals surface area contributed by atoms with Crippen LogP contribution in [-0.4, -0.2) is 17.6 Å². The van der Waals surface area contributed by atoms with Crippen molar-refractivity contribution in [2.75, 3.05) is 11.4 Å². The zero-order valence-corrected chi connectivity index (χ0v) is 13.4. The summed E-state index contributed by atoms with van der Waals surface area (Å²) in [5, 5.41) is 9.56. The Morgan fingerprint density at radius 1 is 1.27 bits per heavy atom. The van der Waals surface area contributed by atoms with E-state index in [9.17, 15) is 5.26 Å². The van der Waals surface area contributed by atoms with Gasteiger partial charge < -0.3 is 4.90 Å². The van der Waals surface area contributed by atoms with Crippen molar-refractivity contribution >= 4 is 5.69 Å². The van der Waals surface area contributed by atoms with Crippen molar-refractivity contribution in [3.63, 3.8) is 0 Å². The van der Waals surface area contributed by atoms with Crippen LogP contribution in [0, 0.1) is 18.3 Å². The number of nitriles is 1. The second-order valence-corrected chi connectivity index (χ2v) is 6.25. The van der Waals surface area contributed by atoms with Crippen molar-refractivity contribution in [1.82, 2.24) is 4.98 Å².